The molecule has 0 spiro atoms. The second kappa shape index (κ2) is 13.2. The van der Waals surface area contributed by atoms with Gasteiger partial charge in [-0.05, 0) is 26.2 Å². The Hall–Kier alpha value is -1.50. The van der Waals surface area contributed by atoms with Gasteiger partial charge in [-0.2, -0.15) is 0 Å². The van der Waals surface area contributed by atoms with Gasteiger partial charge in [0, 0.05) is 11.3 Å². The van der Waals surface area contributed by atoms with Crippen molar-refractivity contribution < 1.29 is 74.5 Å². The van der Waals surface area contributed by atoms with E-state index < -0.39 is 115 Å². The summed E-state index contributed by atoms with van der Waals surface area (Å²) in [7, 11) is 2.23. The molecule has 3 fully saturated rings. The normalized spacial score (nSPS) is 42.8. The highest BCUT2D eigenvalue weighted by atomic mass is 16.6. The summed E-state index contributed by atoms with van der Waals surface area (Å²) in [6.45, 7) is -0.0501. The molecule has 0 heterocycles. The van der Waals surface area contributed by atoms with Crippen molar-refractivity contribution in [3.63, 3.8) is 0 Å². The monoisotopic (exact) mass is 582 g/mol. The molecule has 0 radical (unpaired) electrons. The summed E-state index contributed by atoms with van der Waals surface area (Å²) < 4.78 is 21.4. The standard InChI is InChI=1S/C25H42O15/c1-9(28)15-17(30)19(32)20(18(15)31)39-13-4-10(22(34)37-2)11(23(35)38-3)5-14(13)40-24(36)16-12(29)6-25(7-26,8-27)21(16)33/h9-21,24,26-33,36H,4-8H2,1-3H3/t9?,10?,11?,12?,13?,14?,15?,16?,17?,18-,19?,20?,21?,24?/m0/s1. The van der Waals surface area contributed by atoms with Crippen LogP contribution in [0.15, 0.2) is 0 Å². The molecule has 0 bridgehead atoms. The first-order chi connectivity index (χ1) is 18.8. The average molecular weight is 583 g/mol. The van der Waals surface area contributed by atoms with Crippen LogP contribution in [0.1, 0.15) is 26.2 Å². The fraction of sp³-hybridized carbons (Fsp3) is 0.920. The second-order valence-electron chi connectivity index (χ2n) is 11.2. The van der Waals surface area contributed by atoms with Crippen LogP contribution < -0.4 is 0 Å². The molecule has 14 atom stereocenters. The molecule has 9 N–H and O–H groups in total. The van der Waals surface area contributed by atoms with Gasteiger partial charge in [-0.1, -0.05) is 0 Å². The SMILES string of the molecule is COC(=O)C1CC(OC(O)C2C(O)CC(CO)(CO)C2O)C(OC2C(O)C(O)C(C(C)O)[C@@H]2O)CC1C(=O)OC. The summed E-state index contributed by atoms with van der Waals surface area (Å²) in [5.41, 5.74) is -1.51. The predicted molar refractivity (Wildman–Crippen MR) is 130 cm³/mol. The van der Waals surface area contributed by atoms with Crippen molar-refractivity contribution >= 4 is 11.9 Å². The van der Waals surface area contributed by atoms with E-state index in [1.54, 1.807) is 0 Å². The van der Waals surface area contributed by atoms with Gasteiger partial charge in [-0.3, -0.25) is 9.59 Å². The quantitative estimate of drug-likeness (QED) is 0.0871. The summed E-state index contributed by atoms with van der Waals surface area (Å²) in [5.74, 6) is -6.37. The van der Waals surface area contributed by atoms with Crippen molar-refractivity contribution in [3.8, 4) is 0 Å². The third-order valence-electron chi connectivity index (χ3n) is 8.91. The molecule has 13 unspecified atom stereocenters. The Morgan fingerprint density at radius 3 is 1.77 bits per heavy atom. The van der Waals surface area contributed by atoms with Crippen LogP contribution in [-0.2, 0) is 28.5 Å². The van der Waals surface area contributed by atoms with E-state index >= 15 is 0 Å². The largest absolute Gasteiger partial charge is 0.469 e. The number of hydrogen-bond acceptors (Lipinski definition) is 15. The lowest BCUT2D eigenvalue weighted by molar-refractivity contribution is -0.248. The number of aliphatic hydroxyl groups excluding tert-OH is 9. The number of carbonyl (C=O) groups excluding carboxylic acids is 2. The van der Waals surface area contributed by atoms with E-state index in [-0.39, 0.29) is 19.3 Å². The first kappa shape index (κ1) is 33.0. The summed E-state index contributed by atoms with van der Waals surface area (Å²) >= 11 is 0. The van der Waals surface area contributed by atoms with Gasteiger partial charge in [0.1, 0.15) is 12.2 Å². The molecule has 40 heavy (non-hydrogen) atoms. The highest BCUT2D eigenvalue weighted by molar-refractivity contribution is 5.82. The number of aliphatic hydroxyl groups is 9. The maximum Gasteiger partial charge on any atom is 0.309 e. The van der Waals surface area contributed by atoms with Crippen LogP contribution in [0.2, 0.25) is 0 Å². The summed E-state index contributed by atoms with van der Waals surface area (Å²) in [6, 6.07) is 0. The molecule has 232 valence electrons. The smallest absolute Gasteiger partial charge is 0.309 e. The van der Waals surface area contributed by atoms with Gasteiger partial charge >= 0.3 is 11.9 Å². The molecule has 0 amide bonds. The minimum Gasteiger partial charge on any atom is -0.469 e. The van der Waals surface area contributed by atoms with Crippen molar-refractivity contribution in [3.05, 3.63) is 0 Å². The van der Waals surface area contributed by atoms with Gasteiger partial charge in [0.25, 0.3) is 0 Å². The third-order valence-corrected chi connectivity index (χ3v) is 8.91. The molecule has 0 aromatic heterocycles. The van der Waals surface area contributed by atoms with Gasteiger partial charge in [0.2, 0.25) is 0 Å². The van der Waals surface area contributed by atoms with Crippen LogP contribution in [-0.4, -0.2) is 147 Å². The molecule has 15 nitrogen and oxygen atoms in total. The Morgan fingerprint density at radius 2 is 1.35 bits per heavy atom. The van der Waals surface area contributed by atoms with E-state index in [1.807, 2.05) is 0 Å². The highest BCUT2D eigenvalue weighted by Gasteiger charge is 2.57. The third kappa shape index (κ3) is 6.01. The number of esters is 2. The van der Waals surface area contributed by atoms with Crippen LogP contribution in [0, 0.1) is 29.1 Å². The lowest BCUT2D eigenvalue weighted by Crippen LogP contribution is -2.53. The van der Waals surface area contributed by atoms with Crippen molar-refractivity contribution in [1.29, 1.82) is 0 Å². The number of ether oxygens (including phenoxy) is 4. The lowest BCUT2D eigenvalue weighted by Gasteiger charge is -2.42. The number of rotatable bonds is 10. The molecule has 0 aromatic rings. The molecule has 3 rings (SSSR count). The first-order valence-electron chi connectivity index (χ1n) is 13.2. The van der Waals surface area contributed by atoms with Gasteiger partial charge in [0.05, 0.1) is 87.9 Å². The number of methoxy groups -OCH3 is 2. The zero-order chi connectivity index (χ0) is 30.1. The molecule has 3 aliphatic rings. The fourth-order valence-electron chi connectivity index (χ4n) is 6.50. The fourth-order valence-corrected chi connectivity index (χ4v) is 6.50. The van der Waals surface area contributed by atoms with E-state index in [4.69, 9.17) is 18.9 Å². The summed E-state index contributed by atoms with van der Waals surface area (Å²) in [6.07, 6.45) is -15.6. The van der Waals surface area contributed by atoms with Gasteiger partial charge in [0.15, 0.2) is 6.29 Å². The van der Waals surface area contributed by atoms with Crippen molar-refractivity contribution in [2.75, 3.05) is 27.4 Å². The Bertz CT molecular complexity index is 865. The van der Waals surface area contributed by atoms with E-state index in [0.717, 1.165) is 14.2 Å². The molecular weight excluding hydrogens is 540 g/mol. The van der Waals surface area contributed by atoms with Crippen molar-refractivity contribution in [1.82, 2.24) is 0 Å². The van der Waals surface area contributed by atoms with E-state index in [9.17, 15) is 55.5 Å². The molecule has 3 saturated carbocycles. The van der Waals surface area contributed by atoms with Gasteiger partial charge < -0.3 is 64.9 Å². The van der Waals surface area contributed by atoms with E-state index in [0.29, 0.717) is 0 Å². The van der Waals surface area contributed by atoms with Crippen LogP contribution in [0.4, 0.5) is 0 Å². The first-order valence-corrected chi connectivity index (χ1v) is 13.2. The molecule has 3 aliphatic carbocycles. The number of hydrogen-bond donors (Lipinski definition) is 9. The van der Waals surface area contributed by atoms with Crippen molar-refractivity contribution in [2.24, 2.45) is 29.1 Å². The number of carbonyl (C=O) groups is 2. The van der Waals surface area contributed by atoms with Crippen LogP contribution in [0.5, 0.6) is 0 Å². The van der Waals surface area contributed by atoms with Crippen LogP contribution >= 0.6 is 0 Å². The minimum absolute atomic E-state index is 0.245. The minimum atomic E-state index is -1.91. The van der Waals surface area contributed by atoms with Crippen molar-refractivity contribution in [2.45, 2.75) is 87.4 Å². The Kier molecular flexibility index (Phi) is 10.9. The maximum absolute atomic E-state index is 12.6. The van der Waals surface area contributed by atoms with E-state index in [1.165, 1.54) is 6.92 Å². The zero-order valence-corrected chi connectivity index (χ0v) is 22.6. The van der Waals surface area contributed by atoms with Crippen LogP contribution in [0.3, 0.4) is 0 Å². The molecule has 0 saturated heterocycles. The Balaban J connectivity index is 1.91. The summed E-state index contributed by atoms with van der Waals surface area (Å²) in [5, 5.41) is 93.4. The topological polar surface area (TPSA) is 253 Å². The lowest BCUT2D eigenvalue weighted by atomic mass is 9.76. The van der Waals surface area contributed by atoms with Gasteiger partial charge in [-0.15, -0.1) is 0 Å². The Labute approximate surface area is 230 Å². The highest BCUT2D eigenvalue weighted by Crippen LogP contribution is 2.45. The maximum atomic E-state index is 12.6. The van der Waals surface area contributed by atoms with Gasteiger partial charge in [-0.25, -0.2) is 0 Å². The average Bonchev–Trinajstić information content (AvgIpc) is 3.31. The molecular formula is C25H42O15. The zero-order valence-electron chi connectivity index (χ0n) is 22.6. The second-order valence-corrected chi connectivity index (χ2v) is 11.2. The molecule has 0 aromatic carbocycles. The summed E-state index contributed by atoms with van der Waals surface area (Å²) in [4.78, 5) is 25.2. The molecule has 15 heteroatoms. The van der Waals surface area contributed by atoms with Crippen LogP contribution in [0.25, 0.3) is 0 Å². The molecule has 0 aliphatic heterocycles. The predicted octanol–water partition coefficient (Wildman–Crippen LogP) is -4.38. The Morgan fingerprint density at radius 1 is 0.825 bits per heavy atom. The van der Waals surface area contributed by atoms with E-state index in [2.05, 4.69) is 0 Å².